The fourth-order valence-electron chi connectivity index (χ4n) is 4.03. The van der Waals surface area contributed by atoms with E-state index < -0.39 is 0 Å². The minimum absolute atomic E-state index is 0. The van der Waals surface area contributed by atoms with Crippen LogP contribution in [-0.4, -0.2) is 19.5 Å². The van der Waals surface area contributed by atoms with Gasteiger partial charge in [-0.3, -0.25) is 9.36 Å². The Kier molecular flexibility index (Phi) is 6.08. The lowest BCUT2D eigenvalue weighted by atomic mass is 10.0. The topological polar surface area (TPSA) is 75.6 Å². The van der Waals surface area contributed by atoms with Gasteiger partial charge in [0.2, 0.25) is 0 Å². The number of hydrogen-bond acceptors (Lipinski definition) is 4. The molecule has 0 fully saturated rings. The van der Waals surface area contributed by atoms with Gasteiger partial charge in [-0.1, -0.05) is 36.4 Å². The maximum absolute atomic E-state index is 13.6. The lowest BCUT2D eigenvalue weighted by Gasteiger charge is -2.22. The molecule has 1 atom stereocenters. The standard InChI is InChI=1S/C24H20BrN5O.H2S/c1-14-7-6-8-16-11-19(30(24(31)20(14)16)17-9-4-3-5-10-17)15(2)29-23-21-18(25)12-26-22(21)27-13-28-23;/h3-13,15H,1-2H3,(H2,26,27,28,29);1H2/t15-;/m0./s1. The SMILES string of the molecule is Cc1cccc2cc([C@H](C)Nc3ncnc4[nH]cc(Br)c34)n(-c3ccccc3)c(=O)c12.S. The molecule has 5 rings (SSSR count). The first-order chi connectivity index (χ1) is 15.0. The normalized spacial score (nSPS) is 12.0. The molecule has 8 heteroatoms. The van der Waals surface area contributed by atoms with Gasteiger partial charge in [0.1, 0.15) is 17.8 Å². The molecule has 0 saturated heterocycles. The number of nitrogens with one attached hydrogen (secondary N) is 2. The van der Waals surface area contributed by atoms with Crippen LogP contribution >= 0.6 is 29.4 Å². The Morgan fingerprint density at radius 1 is 1.06 bits per heavy atom. The zero-order valence-corrected chi connectivity index (χ0v) is 20.1. The van der Waals surface area contributed by atoms with Gasteiger partial charge in [0, 0.05) is 22.1 Å². The second kappa shape index (κ2) is 8.80. The van der Waals surface area contributed by atoms with Gasteiger partial charge in [0.25, 0.3) is 5.56 Å². The van der Waals surface area contributed by atoms with Gasteiger partial charge < -0.3 is 10.3 Å². The minimum Gasteiger partial charge on any atom is -0.361 e. The van der Waals surface area contributed by atoms with E-state index in [9.17, 15) is 4.79 Å². The van der Waals surface area contributed by atoms with E-state index in [2.05, 4.69) is 42.3 Å². The number of nitrogens with zero attached hydrogens (tertiary/aromatic N) is 3. The second-order valence-corrected chi connectivity index (χ2v) is 8.39. The van der Waals surface area contributed by atoms with Crippen LogP contribution in [-0.2, 0) is 0 Å². The van der Waals surface area contributed by atoms with E-state index in [0.29, 0.717) is 5.82 Å². The van der Waals surface area contributed by atoms with Crippen LogP contribution in [0.4, 0.5) is 5.82 Å². The molecule has 2 aromatic carbocycles. The summed E-state index contributed by atoms with van der Waals surface area (Å²) < 4.78 is 2.67. The number of pyridine rings is 1. The molecule has 0 saturated carbocycles. The van der Waals surface area contributed by atoms with E-state index in [-0.39, 0.29) is 25.1 Å². The Bertz CT molecular complexity index is 1480. The third-order valence-corrected chi connectivity index (χ3v) is 6.14. The van der Waals surface area contributed by atoms with Crippen molar-refractivity contribution in [2.45, 2.75) is 19.9 Å². The Morgan fingerprint density at radius 2 is 1.84 bits per heavy atom. The van der Waals surface area contributed by atoms with E-state index >= 15 is 0 Å². The molecule has 3 aromatic heterocycles. The van der Waals surface area contributed by atoms with Gasteiger partial charge in [0.05, 0.1) is 16.8 Å². The molecule has 162 valence electrons. The van der Waals surface area contributed by atoms with Gasteiger partial charge >= 0.3 is 0 Å². The largest absolute Gasteiger partial charge is 0.361 e. The van der Waals surface area contributed by atoms with Gasteiger partial charge in [-0.2, -0.15) is 13.5 Å². The van der Waals surface area contributed by atoms with Crippen LogP contribution in [0.5, 0.6) is 0 Å². The van der Waals surface area contributed by atoms with Crippen LogP contribution in [0.3, 0.4) is 0 Å². The number of H-pyrrole nitrogens is 1. The van der Waals surface area contributed by atoms with Crippen molar-refractivity contribution in [3.05, 3.63) is 93.2 Å². The minimum atomic E-state index is -0.197. The predicted molar refractivity (Wildman–Crippen MR) is 138 cm³/mol. The van der Waals surface area contributed by atoms with Crippen LogP contribution in [0, 0.1) is 6.92 Å². The van der Waals surface area contributed by atoms with Crippen LogP contribution in [0.25, 0.3) is 27.5 Å². The summed E-state index contributed by atoms with van der Waals surface area (Å²) in [5.41, 5.74) is 3.37. The lowest BCUT2D eigenvalue weighted by molar-refractivity contribution is 0.774. The molecule has 5 aromatic rings. The lowest BCUT2D eigenvalue weighted by Crippen LogP contribution is -2.26. The van der Waals surface area contributed by atoms with Gasteiger partial charge in [0.15, 0.2) is 0 Å². The van der Waals surface area contributed by atoms with E-state index in [4.69, 9.17) is 0 Å². The molecule has 0 aliphatic carbocycles. The third-order valence-electron chi connectivity index (χ3n) is 5.52. The third kappa shape index (κ3) is 3.69. The highest BCUT2D eigenvalue weighted by Crippen LogP contribution is 2.31. The zero-order chi connectivity index (χ0) is 21.5. The van der Waals surface area contributed by atoms with Gasteiger partial charge in [-0.15, -0.1) is 0 Å². The van der Waals surface area contributed by atoms with Crippen LogP contribution in [0.2, 0.25) is 0 Å². The van der Waals surface area contributed by atoms with Crippen LogP contribution in [0.15, 0.2) is 76.4 Å². The van der Waals surface area contributed by atoms with Crippen LogP contribution in [0.1, 0.15) is 24.2 Å². The number of aryl methyl sites for hydroxylation is 1. The van der Waals surface area contributed by atoms with Crippen molar-refractivity contribution in [3.63, 3.8) is 0 Å². The molecule has 3 heterocycles. The fraction of sp³-hybridized carbons (Fsp3) is 0.125. The molecule has 0 spiro atoms. The number of fused-ring (bicyclic) bond motifs is 2. The molecule has 0 radical (unpaired) electrons. The Balaban J connectivity index is 0.00000245. The van der Waals surface area contributed by atoms with E-state index in [1.807, 2.05) is 68.6 Å². The summed E-state index contributed by atoms with van der Waals surface area (Å²) in [5.74, 6) is 0.696. The van der Waals surface area contributed by atoms with Gasteiger partial charge in [-0.05, 0) is 58.9 Å². The number of hydrogen-bond donors (Lipinski definition) is 2. The molecule has 0 aliphatic heterocycles. The number of rotatable bonds is 4. The Hall–Kier alpha value is -3.10. The maximum Gasteiger partial charge on any atom is 0.263 e. The molecule has 32 heavy (non-hydrogen) atoms. The quantitative estimate of drug-likeness (QED) is 0.331. The zero-order valence-electron chi connectivity index (χ0n) is 17.6. The second-order valence-electron chi connectivity index (χ2n) is 7.53. The number of halogens is 1. The summed E-state index contributed by atoms with van der Waals surface area (Å²) in [6.45, 7) is 4.01. The van der Waals surface area contributed by atoms with Crippen LogP contribution < -0.4 is 10.9 Å². The molecule has 0 bridgehead atoms. The van der Waals surface area contributed by atoms with E-state index in [0.717, 1.165) is 43.2 Å². The van der Waals surface area contributed by atoms with Crippen molar-refractivity contribution in [1.82, 2.24) is 19.5 Å². The van der Waals surface area contributed by atoms with Crippen molar-refractivity contribution in [2.24, 2.45) is 0 Å². The molecule has 6 nitrogen and oxygen atoms in total. The molecular formula is C24H22BrN5OS. The van der Waals surface area contributed by atoms with Crippen molar-refractivity contribution in [1.29, 1.82) is 0 Å². The monoisotopic (exact) mass is 507 g/mol. The number of aromatic nitrogens is 4. The average molecular weight is 508 g/mol. The summed E-state index contributed by atoms with van der Waals surface area (Å²) in [7, 11) is 0. The van der Waals surface area contributed by atoms with E-state index in [1.165, 1.54) is 6.33 Å². The first-order valence-electron chi connectivity index (χ1n) is 9.99. The Labute approximate surface area is 200 Å². The molecule has 2 N–H and O–H groups in total. The average Bonchev–Trinajstić information content (AvgIpc) is 3.16. The molecule has 0 aliphatic rings. The summed E-state index contributed by atoms with van der Waals surface area (Å²) in [5, 5.41) is 6.02. The summed E-state index contributed by atoms with van der Waals surface area (Å²) in [6.07, 6.45) is 3.36. The molecular weight excluding hydrogens is 486 g/mol. The summed E-state index contributed by atoms with van der Waals surface area (Å²) in [4.78, 5) is 25.5. The number of anilines is 1. The molecule has 0 unspecified atom stereocenters. The first-order valence-corrected chi connectivity index (χ1v) is 10.8. The smallest absolute Gasteiger partial charge is 0.263 e. The predicted octanol–water partition coefficient (Wildman–Crippen LogP) is 5.62. The van der Waals surface area contributed by atoms with Crippen molar-refractivity contribution in [3.8, 4) is 5.69 Å². The number of para-hydroxylation sites is 1. The summed E-state index contributed by atoms with van der Waals surface area (Å²) in [6, 6.07) is 17.6. The highest BCUT2D eigenvalue weighted by Gasteiger charge is 2.19. The van der Waals surface area contributed by atoms with Crippen molar-refractivity contribution < 1.29 is 0 Å². The highest BCUT2D eigenvalue weighted by atomic mass is 79.9. The van der Waals surface area contributed by atoms with E-state index in [1.54, 1.807) is 4.57 Å². The van der Waals surface area contributed by atoms with Crippen molar-refractivity contribution >= 4 is 57.0 Å². The highest BCUT2D eigenvalue weighted by molar-refractivity contribution is 9.10. The number of benzene rings is 2. The summed E-state index contributed by atoms with van der Waals surface area (Å²) >= 11 is 3.56. The van der Waals surface area contributed by atoms with Gasteiger partial charge in [-0.25, -0.2) is 9.97 Å². The molecule has 0 amide bonds. The van der Waals surface area contributed by atoms with Crippen molar-refractivity contribution in [2.75, 3.05) is 5.32 Å². The fourth-order valence-corrected chi connectivity index (χ4v) is 4.52. The maximum atomic E-state index is 13.6. The number of aromatic amines is 1. The first kappa shape index (κ1) is 22.1. The Morgan fingerprint density at radius 3 is 2.62 bits per heavy atom.